The van der Waals surface area contributed by atoms with Gasteiger partial charge in [0.1, 0.15) is 5.75 Å². The average Bonchev–Trinajstić information content (AvgIpc) is 2.53. The Morgan fingerprint density at radius 3 is 2.20 bits per heavy atom. The van der Waals surface area contributed by atoms with E-state index in [1.54, 1.807) is 7.11 Å². The summed E-state index contributed by atoms with van der Waals surface area (Å²) < 4.78 is 5.19. The normalized spacial score (nSPS) is 13.1. The molecular formula is C18H20O2. The third-order valence-corrected chi connectivity index (χ3v) is 3.26. The van der Waals surface area contributed by atoms with E-state index in [0.717, 1.165) is 22.4 Å². The highest BCUT2D eigenvalue weighted by atomic mass is 16.5. The van der Waals surface area contributed by atoms with Gasteiger partial charge < -0.3 is 9.84 Å². The van der Waals surface area contributed by atoms with Gasteiger partial charge in [-0.2, -0.15) is 0 Å². The zero-order valence-electron chi connectivity index (χ0n) is 11.9. The smallest absolute Gasteiger partial charge is 0.118 e. The van der Waals surface area contributed by atoms with Crippen LogP contribution in [0.5, 0.6) is 5.75 Å². The molecule has 0 spiro atoms. The van der Waals surface area contributed by atoms with Crippen LogP contribution in [-0.4, -0.2) is 18.3 Å². The number of benzene rings is 2. The van der Waals surface area contributed by atoms with Crippen molar-refractivity contribution in [2.75, 3.05) is 7.11 Å². The third-order valence-electron chi connectivity index (χ3n) is 3.26. The molecule has 2 aromatic carbocycles. The second kappa shape index (κ2) is 6.92. The summed E-state index contributed by atoms with van der Waals surface area (Å²) in [7, 11) is 1.66. The Bertz CT molecular complexity index is 556. The molecule has 2 aromatic rings. The topological polar surface area (TPSA) is 29.5 Å². The van der Waals surface area contributed by atoms with Gasteiger partial charge in [0.2, 0.25) is 0 Å². The molecule has 1 N–H and O–H groups in total. The first kappa shape index (κ1) is 14.4. The highest BCUT2D eigenvalue weighted by molar-refractivity contribution is 5.80. The van der Waals surface area contributed by atoms with E-state index in [0.29, 0.717) is 6.42 Å². The van der Waals surface area contributed by atoms with Crippen molar-refractivity contribution in [3.05, 3.63) is 71.8 Å². The number of hydrogen-bond acceptors (Lipinski definition) is 2. The van der Waals surface area contributed by atoms with E-state index in [1.807, 2.05) is 55.5 Å². The van der Waals surface area contributed by atoms with E-state index >= 15 is 0 Å². The predicted octanol–water partition coefficient (Wildman–Crippen LogP) is 3.90. The number of aliphatic hydroxyl groups excluding tert-OH is 1. The molecule has 0 saturated carbocycles. The fraction of sp³-hybridized carbons (Fsp3) is 0.222. The average molecular weight is 268 g/mol. The van der Waals surface area contributed by atoms with Crippen molar-refractivity contribution in [1.82, 2.24) is 0 Å². The van der Waals surface area contributed by atoms with Crippen LogP contribution < -0.4 is 4.74 Å². The fourth-order valence-electron chi connectivity index (χ4n) is 2.06. The summed E-state index contributed by atoms with van der Waals surface area (Å²) in [5.74, 6) is 0.831. The molecular weight excluding hydrogens is 248 g/mol. The van der Waals surface area contributed by atoms with Crippen LogP contribution in [0.4, 0.5) is 0 Å². The molecule has 1 unspecified atom stereocenters. The lowest BCUT2D eigenvalue weighted by atomic mass is 9.96. The number of rotatable bonds is 5. The standard InChI is InChI=1S/C18H20O2/c1-3-16(19)13-18(14-7-5-4-6-8-14)15-9-11-17(20-2)12-10-15/h4-13,16,19H,3H2,1-2H3/b18-13+. The fourth-order valence-corrected chi connectivity index (χ4v) is 2.06. The van der Waals surface area contributed by atoms with Gasteiger partial charge in [-0.1, -0.05) is 49.4 Å². The molecule has 2 nitrogen and oxygen atoms in total. The molecule has 1 atom stereocenters. The molecule has 0 fully saturated rings. The Labute approximate surface area is 120 Å². The maximum Gasteiger partial charge on any atom is 0.118 e. The molecule has 2 heteroatoms. The highest BCUT2D eigenvalue weighted by Crippen LogP contribution is 2.26. The van der Waals surface area contributed by atoms with E-state index < -0.39 is 6.10 Å². The van der Waals surface area contributed by atoms with Gasteiger partial charge in [-0.25, -0.2) is 0 Å². The van der Waals surface area contributed by atoms with Gasteiger partial charge in [0.25, 0.3) is 0 Å². The van der Waals surface area contributed by atoms with E-state index in [4.69, 9.17) is 4.74 Å². The second-order valence-corrected chi connectivity index (χ2v) is 4.65. The number of methoxy groups -OCH3 is 1. The Morgan fingerprint density at radius 1 is 1.05 bits per heavy atom. The van der Waals surface area contributed by atoms with E-state index in [1.165, 1.54) is 0 Å². The van der Waals surface area contributed by atoms with Crippen LogP contribution in [0.3, 0.4) is 0 Å². The molecule has 2 rings (SSSR count). The van der Waals surface area contributed by atoms with Crippen LogP contribution in [0, 0.1) is 0 Å². The van der Waals surface area contributed by atoms with Crippen molar-refractivity contribution in [2.45, 2.75) is 19.4 Å². The summed E-state index contributed by atoms with van der Waals surface area (Å²) >= 11 is 0. The summed E-state index contributed by atoms with van der Waals surface area (Å²) in [6, 6.07) is 18.0. The predicted molar refractivity (Wildman–Crippen MR) is 82.8 cm³/mol. The lowest BCUT2D eigenvalue weighted by molar-refractivity contribution is 0.219. The largest absolute Gasteiger partial charge is 0.497 e. The lowest BCUT2D eigenvalue weighted by Gasteiger charge is -2.12. The van der Waals surface area contributed by atoms with Gasteiger partial charge >= 0.3 is 0 Å². The summed E-state index contributed by atoms with van der Waals surface area (Å²) in [6.45, 7) is 1.97. The van der Waals surface area contributed by atoms with E-state index in [2.05, 4.69) is 12.1 Å². The molecule has 0 radical (unpaired) electrons. The summed E-state index contributed by atoms with van der Waals surface area (Å²) in [5.41, 5.74) is 3.22. The molecule has 0 aliphatic carbocycles. The molecule has 0 aromatic heterocycles. The maximum absolute atomic E-state index is 9.95. The summed E-state index contributed by atoms with van der Waals surface area (Å²) in [5, 5.41) is 9.95. The van der Waals surface area contributed by atoms with Gasteiger partial charge in [-0.05, 0) is 41.3 Å². The summed E-state index contributed by atoms with van der Waals surface area (Å²) in [4.78, 5) is 0. The van der Waals surface area contributed by atoms with Gasteiger partial charge in [-0.15, -0.1) is 0 Å². The Kier molecular flexibility index (Phi) is 4.97. The Hall–Kier alpha value is -2.06. The molecule has 0 heterocycles. The van der Waals surface area contributed by atoms with Crippen molar-refractivity contribution < 1.29 is 9.84 Å². The molecule has 0 bridgehead atoms. The van der Waals surface area contributed by atoms with E-state index in [-0.39, 0.29) is 0 Å². The molecule has 0 aliphatic heterocycles. The molecule has 20 heavy (non-hydrogen) atoms. The second-order valence-electron chi connectivity index (χ2n) is 4.65. The zero-order valence-corrected chi connectivity index (χ0v) is 11.9. The van der Waals surface area contributed by atoms with Crippen LogP contribution in [0.2, 0.25) is 0 Å². The van der Waals surface area contributed by atoms with Crippen LogP contribution >= 0.6 is 0 Å². The number of hydrogen-bond donors (Lipinski definition) is 1. The molecule has 104 valence electrons. The third kappa shape index (κ3) is 3.49. The molecule has 0 saturated heterocycles. The highest BCUT2D eigenvalue weighted by Gasteiger charge is 2.07. The lowest BCUT2D eigenvalue weighted by Crippen LogP contribution is -2.01. The van der Waals surface area contributed by atoms with Crippen LogP contribution in [0.1, 0.15) is 24.5 Å². The Balaban J connectivity index is 2.43. The van der Waals surface area contributed by atoms with Gasteiger partial charge in [0.15, 0.2) is 0 Å². The first-order valence-electron chi connectivity index (χ1n) is 6.84. The molecule has 0 amide bonds. The minimum atomic E-state index is -0.438. The Morgan fingerprint density at radius 2 is 1.65 bits per heavy atom. The SMILES string of the molecule is CCC(O)/C=C(\c1ccccc1)c1ccc(OC)cc1. The quantitative estimate of drug-likeness (QED) is 0.891. The van der Waals surface area contributed by atoms with E-state index in [9.17, 15) is 5.11 Å². The van der Waals surface area contributed by atoms with Crippen molar-refractivity contribution in [2.24, 2.45) is 0 Å². The van der Waals surface area contributed by atoms with Crippen LogP contribution in [-0.2, 0) is 0 Å². The first-order chi connectivity index (χ1) is 9.74. The van der Waals surface area contributed by atoms with Gasteiger partial charge in [0, 0.05) is 0 Å². The van der Waals surface area contributed by atoms with Crippen molar-refractivity contribution in [3.8, 4) is 5.75 Å². The van der Waals surface area contributed by atoms with Crippen molar-refractivity contribution in [3.63, 3.8) is 0 Å². The van der Waals surface area contributed by atoms with Crippen LogP contribution in [0.15, 0.2) is 60.7 Å². The number of aliphatic hydroxyl groups is 1. The minimum absolute atomic E-state index is 0.438. The van der Waals surface area contributed by atoms with Gasteiger partial charge in [0.05, 0.1) is 13.2 Å². The monoisotopic (exact) mass is 268 g/mol. The minimum Gasteiger partial charge on any atom is -0.497 e. The van der Waals surface area contributed by atoms with Crippen molar-refractivity contribution in [1.29, 1.82) is 0 Å². The zero-order chi connectivity index (χ0) is 14.4. The summed E-state index contributed by atoms with van der Waals surface area (Å²) in [6.07, 6.45) is 2.18. The van der Waals surface area contributed by atoms with Gasteiger partial charge in [-0.3, -0.25) is 0 Å². The maximum atomic E-state index is 9.95. The number of ether oxygens (including phenoxy) is 1. The first-order valence-corrected chi connectivity index (χ1v) is 6.84. The molecule has 0 aliphatic rings. The van der Waals surface area contributed by atoms with Crippen LogP contribution in [0.25, 0.3) is 5.57 Å². The van der Waals surface area contributed by atoms with Crippen molar-refractivity contribution >= 4 is 5.57 Å².